The molecule has 3 saturated heterocycles. The first-order valence-electron chi connectivity index (χ1n) is 10.4. The third-order valence-electron chi connectivity index (χ3n) is 6.68. The zero-order valence-electron chi connectivity index (χ0n) is 16.4. The Balaban J connectivity index is 1.27. The zero-order valence-corrected chi connectivity index (χ0v) is 16.4. The maximum absolute atomic E-state index is 15.6. The number of hydrogen-bond acceptors (Lipinski definition) is 5. The van der Waals surface area contributed by atoms with Crippen molar-refractivity contribution in [1.29, 1.82) is 0 Å². The predicted octanol–water partition coefficient (Wildman–Crippen LogP) is 2.74. The zero-order chi connectivity index (χ0) is 20.3. The van der Waals surface area contributed by atoms with Crippen LogP contribution in [-0.2, 0) is 9.53 Å². The van der Waals surface area contributed by atoms with Crippen LogP contribution in [-0.4, -0.2) is 56.5 Å². The number of piperidine rings is 1. The number of hydrogen-bond donors (Lipinski definition) is 0. The summed E-state index contributed by atoms with van der Waals surface area (Å²) in [6.45, 7) is 0.531. The molecule has 7 nitrogen and oxygen atoms in total. The lowest BCUT2D eigenvalue weighted by Crippen LogP contribution is -2.59. The lowest BCUT2D eigenvalue weighted by Gasteiger charge is -2.40. The molecular weight excluding hydrogens is 385 g/mol. The second kappa shape index (κ2) is 6.50. The number of anilines is 1. The fourth-order valence-electron chi connectivity index (χ4n) is 5.18. The number of alkyl halides is 1. The van der Waals surface area contributed by atoms with Crippen molar-refractivity contribution < 1.29 is 13.9 Å². The topological polar surface area (TPSA) is 63.0 Å². The monoisotopic (exact) mass is 407 g/mol. The van der Waals surface area contributed by atoms with Crippen molar-refractivity contribution in [3.05, 3.63) is 60.4 Å². The number of ether oxygens (including phenoxy) is 1. The number of fused-ring (bicyclic) bond motifs is 2. The van der Waals surface area contributed by atoms with Gasteiger partial charge < -0.3 is 14.5 Å². The summed E-state index contributed by atoms with van der Waals surface area (Å²) in [5.74, 6) is 0.374. The average molecular weight is 407 g/mol. The van der Waals surface area contributed by atoms with Crippen LogP contribution in [0.25, 0.3) is 5.52 Å². The van der Waals surface area contributed by atoms with Crippen LogP contribution in [0.15, 0.2) is 54.9 Å². The number of halogens is 1. The number of rotatable bonds is 2. The summed E-state index contributed by atoms with van der Waals surface area (Å²) in [4.78, 5) is 21.5. The van der Waals surface area contributed by atoms with Gasteiger partial charge in [-0.3, -0.25) is 4.79 Å². The van der Waals surface area contributed by atoms with Crippen molar-refractivity contribution in [3.63, 3.8) is 0 Å². The fraction of sp³-hybridized carbons (Fsp3) is 0.409. The van der Waals surface area contributed by atoms with Crippen molar-refractivity contribution in [2.45, 2.75) is 43.3 Å². The van der Waals surface area contributed by atoms with Crippen molar-refractivity contribution in [3.8, 4) is 0 Å². The summed E-state index contributed by atoms with van der Waals surface area (Å²) in [6, 6.07) is 13.6. The normalized spacial score (nSPS) is 31.1. The Labute approximate surface area is 173 Å². The largest absolute Gasteiger partial charge is 0.339 e. The van der Waals surface area contributed by atoms with Gasteiger partial charge in [0.2, 0.25) is 5.95 Å². The van der Waals surface area contributed by atoms with Gasteiger partial charge in [-0.15, -0.1) is 0 Å². The molecule has 3 aliphatic rings. The fourth-order valence-corrected chi connectivity index (χ4v) is 5.18. The molecule has 3 aromatic rings. The highest BCUT2D eigenvalue weighted by atomic mass is 19.1. The molecular formula is C22H22FN5O2. The summed E-state index contributed by atoms with van der Waals surface area (Å²) in [5, 5.41) is 4.30. The first-order valence-corrected chi connectivity index (χ1v) is 10.4. The van der Waals surface area contributed by atoms with Crippen molar-refractivity contribution in [1.82, 2.24) is 19.5 Å². The maximum Gasteiger partial charge on any atom is 0.260 e. The number of carbonyl (C=O) groups is 1. The van der Waals surface area contributed by atoms with Crippen LogP contribution in [0.3, 0.4) is 0 Å². The Hall–Kier alpha value is -3.00. The van der Waals surface area contributed by atoms with Crippen molar-refractivity contribution in [2.24, 2.45) is 0 Å². The second-order valence-corrected chi connectivity index (χ2v) is 8.25. The molecule has 0 bridgehead atoms. The lowest BCUT2D eigenvalue weighted by atomic mass is 9.88. The van der Waals surface area contributed by atoms with E-state index in [2.05, 4.69) is 10.1 Å². The Morgan fingerprint density at radius 1 is 1.10 bits per heavy atom. The molecule has 3 fully saturated rings. The van der Waals surface area contributed by atoms with Gasteiger partial charge >= 0.3 is 0 Å². The van der Waals surface area contributed by atoms with Gasteiger partial charge in [-0.1, -0.05) is 30.3 Å². The Kier molecular flexibility index (Phi) is 3.86. The van der Waals surface area contributed by atoms with Crippen LogP contribution >= 0.6 is 0 Å². The minimum Gasteiger partial charge on any atom is -0.339 e. The molecule has 30 heavy (non-hydrogen) atoms. The number of amides is 1. The predicted molar refractivity (Wildman–Crippen MR) is 108 cm³/mol. The van der Waals surface area contributed by atoms with E-state index < -0.39 is 11.8 Å². The molecule has 2 aromatic heterocycles. The van der Waals surface area contributed by atoms with Crippen molar-refractivity contribution in [2.75, 3.05) is 18.0 Å². The molecule has 2 unspecified atom stereocenters. The van der Waals surface area contributed by atoms with Gasteiger partial charge in [0, 0.05) is 19.2 Å². The van der Waals surface area contributed by atoms with Crippen LogP contribution in [0.5, 0.6) is 0 Å². The molecule has 8 heteroatoms. The van der Waals surface area contributed by atoms with E-state index in [9.17, 15) is 4.79 Å². The van der Waals surface area contributed by atoms with Crippen LogP contribution < -0.4 is 4.90 Å². The van der Waals surface area contributed by atoms with E-state index in [1.54, 1.807) is 21.8 Å². The van der Waals surface area contributed by atoms with E-state index in [1.165, 1.54) is 0 Å². The van der Waals surface area contributed by atoms with E-state index in [0.29, 0.717) is 18.9 Å². The first kappa shape index (κ1) is 17.8. The number of aromatic nitrogens is 3. The highest BCUT2D eigenvalue weighted by Gasteiger charge is 2.62. The van der Waals surface area contributed by atoms with Crippen molar-refractivity contribution >= 4 is 17.4 Å². The van der Waals surface area contributed by atoms with Gasteiger partial charge in [0.25, 0.3) is 5.91 Å². The first-order chi connectivity index (χ1) is 14.7. The van der Waals surface area contributed by atoms with Gasteiger partial charge in [0.05, 0.1) is 24.3 Å². The number of carbonyl (C=O) groups excluding carboxylic acids is 1. The van der Waals surface area contributed by atoms with E-state index in [-0.39, 0.29) is 24.7 Å². The van der Waals surface area contributed by atoms with Crippen LogP contribution in [0.1, 0.15) is 30.9 Å². The molecule has 5 heterocycles. The molecule has 154 valence electrons. The summed E-state index contributed by atoms with van der Waals surface area (Å²) >= 11 is 0. The highest BCUT2D eigenvalue weighted by molar-refractivity contribution is 5.89. The third-order valence-corrected chi connectivity index (χ3v) is 6.68. The van der Waals surface area contributed by atoms with Gasteiger partial charge in [-0.2, -0.15) is 5.10 Å². The summed E-state index contributed by atoms with van der Waals surface area (Å²) in [6.07, 6.45) is 3.47. The number of benzene rings is 1. The highest BCUT2D eigenvalue weighted by Crippen LogP contribution is 2.48. The summed E-state index contributed by atoms with van der Waals surface area (Å²) < 4.78 is 23.5. The second-order valence-electron chi connectivity index (χ2n) is 8.25. The molecule has 1 amide bonds. The van der Waals surface area contributed by atoms with Crippen LogP contribution in [0.4, 0.5) is 10.3 Å². The van der Waals surface area contributed by atoms with E-state index >= 15 is 4.39 Å². The SMILES string of the molecule is O=C1N2[C@@H](CC[C@H]2c2ccccc2)OC12CCN(c1nccc3ccnn13)CC2F. The van der Waals surface area contributed by atoms with Crippen LogP contribution in [0.2, 0.25) is 0 Å². The molecule has 0 radical (unpaired) electrons. The quantitative estimate of drug-likeness (QED) is 0.654. The molecule has 3 aliphatic heterocycles. The minimum atomic E-state index is -1.44. The van der Waals surface area contributed by atoms with Gasteiger partial charge in [0.1, 0.15) is 6.23 Å². The molecule has 0 aliphatic carbocycles. The Bertz CT molecular complexity index is 1110. The number of nitrogens with zero attached hydrogens (tertiary/aromatic N) is 5. The van der Waals surface area contributed by atoms with E-state index in [1.807, 2.05) is 47.4 Å². The molecule has 6 rings (SSSR count). The van der Waals surface area contributed by atoms with Crippen LogP contribution in [0, 0.1) is 0 Å². The lowest BCUT2D eigenvalue weighted by molar-refractivity contribution is -0.148. The molecule has 0 N–H and O–H groups in total. The third kappa shape index (κ3) is 2.43. The standard InChI is InChI=1S/C22H22FN5O2/c23-18-14-26(21-24-11-8-16-9-12-25-28(16)21)13-10-22(18)20(29)27-17(6-7-19(27)30-22)15-4-2-1-3-5-15/h1-5,8-9,11-12,17-19H,6-7,10,13-14H2/t17-,18?,19+,22?/m0/s1. The van der Waals surface area contributed by atoms with E-state index in [0.717, 1.165) is 23.9 Å². The summed E-state index contributed by atoms with van der Waals surface area (Å²) in [5.41, 5.74) is 0.582. The Morgan fingerprint density at radius 3 is 2.77 bits per heavy atom. The average Bonchev–Trinajstić information content (AvgIpc) is 3.47. The van der Waals surface area contributed by atoms with Gasteiger partial charge in [-0.25, -0.2) is 13.9 Å². The minimum absolute atomic E-state index is 0.0483. The summed E-state index contributed by atoms with van der Waals surface area (Å²) in [7, 11) is 0. The van der Waals surface area contributed by atoms with E-state index in [4.69, 9.17) is 4.74 Å². The Morgan fingerprint density at radius 2 is 1.93 bits per heavy atom. The maximum atomic E-state index is 15.6. The molecule has 1 aromatic carbocycles. The van der Waals surface area contributed by atoms with Gasteiger partial charge in [0.15, 0.2) is 11.8 Å². The smallest absolute Gasteiger partial charge is 0.260 e. The molecule has 0 saturated carbocycles. The molecule has 1 spiro atoms. The van der Waals surface area contributed by atoms with Gasteiger partial charge in [-0.05, 0) is 30.5 Å². The molecule has 4 atom stereocenters.